The molecule has 0 bridgehead atoms. The minimum absolute atomic E-state index is 0.224. The van der Waals surface area contributed by atoms with Gasteiger partial charge in [-0.1, -0.05) is 31.2 Å². The Morgan fingerprint density at radius 1 is 1.35 bits per heavy atom. The van der Waals surface area contributed by atoms with E-state index in [1.807, 2.05) is 31.2 Å². The molecule has 5 heteroatoms. The van der Waals surface area contributed by atoms with Crippen molar-refractivity contribution in [2.75, 3.05) is 0 Å². The zero-order chi connectivity index (χ0) is 14.9. The summed E-state index contributed by atoms with van der Waals surface area (Å²) >= 11 is 0. The van der Waals surface area contributed by atoms with Crippen LogP contribution < -0.4 is 11.5 Å². The first-order chi connectivity index (χ1) is 9.36. The normalized spacial score (nSPS) is 20.9. The SMILES string of the molecule is CCC(C)(N)C(=O)N1Cc2ccccc2C[C@H]1C(N)=O. The molecule has 5 nitrogen and oxygen atoms in total. The lowest BCUT2D eigenvalue weighted by Gasteiger charge is -2.39. The molecule has 4 N–H and O–H groups in total. The average Bonchev–Trinajstić information content (AvgIpc) is 2.44. The van der Waals surface area contributed by atoms with E-state index in [-0.39, 0.29) is 5.91 Å². The van der Waals surface area contributed by atoms with Gasteiger partial charge in [-0.15, -0.1) is 0 Å². The highest BCUT2D eigenvalue weighted by molar-refractivity contribution is 5.91. The molecule has 1 aliphatic rings. The number of nitrogens with two attached hydrogens (primary N) is 2. The van der Waals surface area contributed by atoms with Gasteiger partial charge in [-0.25, -0.2) is 0 Å². The predicted molar refractivity (Wildman–Crippen MR) is 76.6 cm³/mol. The number of amides is 2. The molecule has 0 fully saturated rings. The quantitative estimate of drug-likeness (QED) is 0.844. The summed E-state index contributed by atoms with van der Waals surface area (Å²) in [6.45, 7) is 3.93. The van der Waals surface area contributed by atoms with Gasteiger partial charge in [0.2, 0.25) is 11.8 Å². The monoisotopic (exact) mass is 275 g/mol. The maximum Gasteiger partial charge on any atom is 0.243 e. The molecule has 1 heterocycles. The number of rotatable bonds is 3. The second-order valence-electron chi connectivity index (χ2n) is 5.60. The van der Waals surface area contributed by atoms with Crippen LogP contribution in [0.3, 0.4) is 0 Å². The van der Waals surface area contributed by atoms with Crippen molar-refractivity contribution in [1.29, 1.82) is 0 Å². The summed E-state index contributed by atoms with van der Waals surface area (Å²) < 4.78 is 0. The van der Waals surface area contributed by atoms with Gasteiger partial charge in [-0.05, 0) is 24.5 Å². The van der Waals surface area contributed by atoms with Crippen LogP contribution in [0.2, 0.25) is 0 Å². The molecule has 1 aromatic rings. The van der Waals surface area contributed by atoms with Crippen LogP contribution in [0.15, 0.2) is 24.3 Å². The van der Waals surface area contributed by atoms with E-state index < -0.39 is 17.5 Å². The van der Waals surface area contributed by atoms with Gasteiger partial charge in [0.1, 0.15) is 6.04 Å². The minimum atomic E-state index is -0.972. The van der Waals surface area contributed by atoms with Gasteiger partial charge in [0, 0.05) is 13.0 Å². The minimum Gasteiger partial charge on any atom is -0.368 e. The number of primary amides is 1. The number of nitrogens with zero attached hydrogens (tertiary/aromatic N) is 1. The van der Waals surface area contributed by atoms with Gasteiger partial charge in [-0.2, -0.15) is 0 Å². The van der Waals surface area contributed by atoms with E-state index in [9.17, 15) is 9.59 Å². The molecular formula is C15H21N3O2. The van der Waals surface area contributed by atoms with Crippen LogP contribution in [-0.2, 0) is 22.6 Å². The lowest BCUT2D eigenvalue weighted by atomic mass is 9.90. The highest BCUT2D eigenvalue weighted by atomic mass is 16.2. The van der Waals surface area contributed by atoms with Crippen LogP contribution in [0.1, 0.15) is 31.4 Å². The van der Waals surface area contributed by atoms with Crippen molar-refractivity contribution in [3.05, 3.63) is 35.4 Å². The zero-order valence-corrected chi connectivity index (χ0v) is 11.9. The van der Waals surface area contributed by atoms with Crippen LogP contribution in [0.4, 0.5) is 0 Å². The molecule has 0 aromatic heterocycles. The number of hydrogen-bond acceptors (Lipinski definition) is 3. The fourth-order valence-electron chi connectivity index (χ4n) is 2.47. The third-order valence-electron chi connectivity index (χ3n) is 4.06. The molecule has 20 heavy (non-hydrogen) atoms. The van der Waals surface area contributed by atoms with Crippen molar-refractivity contribution in [3.8, 4) is 0 Å². The lowest BCUT2D eigenvalue weighted by molar-refractivity contribution is -0.144. The Kier molecular flexibility index (Phi) is 3.81. The molecule has 2 rings (SSSR count). The van der Waals surface area contributed by atoms with Crippen molar-refractivity contribution in [2.24, 2.45) is 11.5 Å². The summed E-state index contributed by atoms with van der Waals surface area (Å²) in [5, 5.41) is 0. The first-order valence-corrected chi connectivity index (χ1v) is 6.83. The third-order valence-corrected chi connectivity index (χ3v) is 4.06. The second kappa shape index (κ2) is 5.25. The summed E-state index contributed by atoms with van der Waals surface area (Å²) in [5.74, 6) is -0.710. The van der Waals surface area contributed by atoms with Crippen molar-refractivity contribution in [2.45, 2.75) is 44.8 Å². The van der Waals surface area contributed by atoms with Gasteiger partial charge >= 0.3 is 0 Å². The molecular weight excluding hydrogens is 254 g/mol. The Bertz CT molecular complexity index is 540. The highest BCUT2D eigenvalue weighted by Crippen LogP contribution is 2.25. The molecule has 2 atom stereocenters. The average molecular weight is 275 g/mol. The molecule has 0 spiro atoms. The maximum absolute atomic E-state index is 12.6. The molecule has 0 saturated carbocycles. The number of carbonyl (C=O) groups excluding carboxylic acids is 2. The largest absolute Gasteiger partial charge is 0.368 e. The Morgan fingerprint density at radius 2 is 1.95 bits per heavy atom. The maximum atomic E-state index is 12.6. The topological polar surface area (TPSA) is 89.4 Å². The van der Waals surface area contributed by atoms with Crippen molar-refractivity contribution in [3.63, 3.8) is 0 Å². The Morgan fingerprint density at radius 3 is 2.50 bits per heavy atom. The van der Waals surface area contributed by atoms with E-state index >= 15 is 0 Å². The first kappa shape index (κ1) is 14.5. The fourth-order valence-corrected chi connectivity index (χ4v) is 2.47. The molecule has 1 unspecified atom stereocenters. The summed E-state index contributed by atoms with van der Waals surface area (Å²) in [7, 11) is 0. The second-order valence-corrected chi connectivity index (χ2v) is 5.60. The van der Waals surface area contributed by atoms with E-state index in [1.54, 1.807) is 6.92 Å². The van der Waals surface area contributed by atoms with E-state index in [0.29, 0.717) is 19.4 Å². The van der Waals surface area contributed by atoms with Gasteiger partial charge in [0.15, 0.2) is 0 Å². The van der Waals surface area contributed by atoms with E-state index in [0.717, 1.165) is 11.1 Å². The van der Waals surface area contributed by atoms with Crippen LogP contribution >= 0.6 is 0 Å². The molecule has 0 radical (unpaired) electrons. The van der Waals surface area contributed by atoms with E-state index in [1.165, 1.54) is 4.90 Å². The molecule has 1 aromatic carbocycles. The van der Waals surface area contributed by atoms with Crippen LogP contribution in [0.5, 0.6) is 0 Å². The van der Waals surface area contributed by atoms with Gasteiger partial charge in [0.05, 0.1) is 5.54 Å². The van der Waals surface area contributed by atoms with Crippen molar-refractivity contribution < 1.29 is 9.59 Å². The smallest absolute Gasteiger partial charge is 0.243 e. The van der Waals surface area contributed by atoms with Crippen molar-refractivity contribution in [1.82, 2.24) is 4.90 Å². The standard InChI is InChI=1S/C15H21N3O2/c1-3-15(2,17)14(20)18-9-11-7-5-4-6-10(11)8-12(18)13(16)19/h4-7,12H,3,8-9,17H2,1-2H3,(H2,16,19)/t12-,15?/m0/s1. The van der Waals surface area contributed by atoms with Crippen molar-refractivity contribution >= 4 is 11.8 Å². The van der Waals surface area contributed by atoms with Crippen LogP contribution in [0, 0.1) is 0 Å². The highest BCUT2D eigenvalue weighted by Gasteiger charge is 2.39. The van der Waals surface area contributed by atoms with Crippen LogP contribution in [-0.4, -0.2) is 28.3 Å². The van der Waals surface area contributed by atoms with E-state index in [2.05, 4.69) is 0 Å². The lowest BCUT2D eigenvalue weighted by Crippen LogP contribution is -2.59. The Labute approximate surface area is 118 Å². The number of hydrogen-bond donors (Lipinski definition) is 2. The predicted octanol–water partition coefficient (Wildman–Crippen LogP) is 0.553. The van der Waals surface area contributed by atoms with E-state index in [4.69, 9.17) is 11.5 Å². The molecule has 0 saturated heterocycles. The van der Waals surface area contributed by atoms with Gasteiger partial charge in [-0.3, -0.25) is 9.59 Å². The number of benzene rings is 1. The zero-order valence-electron chi connectivity index (χ0n) is 11.9. The third kappa shape index (κ3) is 2.54. The first-order valence-electron chi connectivity index (χ1n) is 6.83. The Hall–Kier alpha value is -1.88. The van der Waals surface area contributed by atoms with Crippen LogP contribution in [0.25, 0.3) is 0 Å². The number of fused-ring (bicyclic) bond motifs is 1. The summed E-state index contributed by atoms with van der Waals surface area (Å²) in [5.41, 5.74) is 12.6. The molecule has 2 amide bonds. The summed E-state index contributed by atoms with van der Waals surface area (Å²) in [6, 6.07) is 7.16. The van der Waals surface area contributed by atoms with Gasteiger partial charge in [0.25, 0.3) is 0 Å². The van der Waals surface area contributed by atoms with Gasteiger partial charge < -0.3 is 16.4 Å². The molecule has 108 valence electrons. The number of carbonyl (C=O) groups is 2. The molecule has 0 aliphatic carbocycles. The summed E-state index contributed by atoms with van der Waals surface area (Å²) in [6.07, 6.45) is 0.965. The fraction of sp³-hybridized carbons (Fsp3) is 0.467. The molecule has 1 aliphatic heterocycles. The summed E-state index contributed by atoms with van der Waals surface area (Å²) in [4.78, 5) is 25.8. The Balaban J connectivity index is 2.36.